The van der Waals surface area contributed by atoms with Gasteiger partial charge in [-0.25, -0.2) is 9.99 Å². The number of halogens is 3. The highest BCUT2D eigenvalue weighted by Gasteiger charge is 2.41. The predicted octanol–water partition coefficient (Wildman–Crippen LogP) is 4.05. The van der Waals surface area contributed by atoms with Crippen LogP contribution in [0.1, 0.15) is 24.8 Å². The number of hydrazine groups is 1. The van der Waals surface area contributed by atoms with Crippen molar-refractivity contribution in [1.29, 1.82) is 0 Å². The molecule has 4 rings (SSSR count). The first-order valence-electron chi connectivity index (χ1n) is 9.94. The highest BCUT2D eigenvalue weighted by molar-refractivity contribution is 7.70. The van der Waals surface area contributed by atoms with Gasteiger partial charge in [0, 0.05) is 24.0 Å². The number of nitrogen functional groups attached to an aromatic ring is 1. The summed E-state index contributed by atoms with van der Waals surface area (Å²) in [6.07, 6.45) is -1.28. The Kier molecular flexibility index (Phi) is 5.31. The van der Waals surface area contributed by atoms with Crippen LogP contribution >= 0.6 is 7.14 Å². The van der Waals surface area contributed by atoms with Crippen LogP contribution in [0.3, 0.4) is 0 Å². The number of benzene rings is 1. The smallest absolute Gasteiger partial charge is 0.368 e. The second-order valence-electron chi connectivity index (χ2n) is 8.52. The Morgan fingerprint density at radius 2 is 1.70 bits per heavy atom. The fraction of sp³-hybridized carbons (Fsp3) is 0.500. The van der Waals surface area contributed by atoms with Gasteiger partial charge in [0.05, 0.1) is 5.69 Å². The summed E-state index contributed by atoms with van der Waals surface area (Å²) in [5.74, 6) is 0.458. The molecule has 162 valence electrons. The van der Waals surface area contributed by atoms with E-state index in [0.717, 1.165) is 12.8 Å². The lowest BCUT2D eigenvalue weighted by Crippen LogP contribution is -2.31. The zero-order valence-electron chi connectivity index (χ0n) is 16.9. The van der Waals surface area contributed by atoms with Crippen molar-refractivity contribution in [3.8, 4) is 11.3 Å². The summed E-state index contributed by atoms with van der Waals surface area (Å²) >= 11 is 0. The molecule has 2 heterocycles. The largest absolute Gasteiger partial charge is 0.422 e. The number of nitrogens with one attached hydrogen (secondary N) is 1. The summed E-state index contributed by atoms with van der Waals surface area (Å²) in [4.78, 5) is 7.80. The van der Waals surface area contributed by atoms with Gasteiger partial charge >= 0.3 is 6.18 Å². The molecule has 0 spiro atoms. The van der Waals surface area contributed by atoms with E-state index in [2.05, 4.69) is 15.4 Å². The van der Waals surface area contributed by atoms with Crippen molar-refractivity contribution < 1.29 is 17.7 Å². The second kappa shape index (κ2) is 7.54. The molecule has 2 fully saturated rings. The minimum Gasteiger partial charge on any atom is -0.368 e. The molecular weight excluding hydrogens is 414 g/mol. The SMILES string of the molecule is CP(C)(=O)c1ccc(-c2nc(N)nc(NN3CC4CCCC4C3)c2C(F)(F)F)cc1. The maximum Gasteiger partial charge on any atom is 0.422 e. The fourth-order valence-electron chi connectivity index (χ4n) is 4.49. The van der Waals surface area contributed by atoms with Crippen LogP contribution in [0.2, 0.25) is 0 Å². The average Bonchev–Trinajstić information content (AvgIpc) is 3.21. The number of fused-ring (bicyclic) bond motifs is 1. The molecule has 0 bridgehead atoms. The van der Waals surface area contributed by atoms with Crippen LogP contribution in [0.4, 0.5) is 24.9 Å². The van der Waals surface area contributed by atoms with Crippen molar-refractivity contribution in [3.63, 3.8) is 0 Å². The zero-order valence-corrected chi connectivity index (χ0v) is 17.8. The molecule has 0 amide bonds. The van der Waals surface area contributed by atoms with Crippen LogP contribution < -0.4 is 16.5 Å². The minimum atomic E-state index is -4.68. The Morgan fingerprint density at radius 3 is 2.23 bits per heavy atom. The van der Waals surface area contributed by atoms with Gasteiger partial charge in [0.15, 0.2) is 5.82 Å². The van der Waals surface area contributed by atoms with Crippen LogP contribution in [0.5, 0.6) is 0 Å². The maximum absolute atomic E-state index is 14.1. The number of rotatable bonds is 4. The summed E-state index contributed by atoms with van der Waals surface area (Å²) in [5, 5.41) is 2.40. The van der Waals surface area contributed by atoms with E-state index >= 15 is 0 Å². The van der Waals surface area contributed by atoms with Gasteiger partial charge in [-0.05, 0) is 38.0 Å². The van der Waals surface area contributed by atoms with Gasteiger partial charge in [-0.1, -0.05) is 30.7 Å². The van der Waals surface area contributed by atoms with E-state index in [1.807, 2.05) is 5.01 Å². The first kappa shape index (κ1) is 21.1. The number of aromatic nitrogens is 2. The summed E-state index contributed by atoms with van der Waals surface area (Å²) in [5.41, 5.74) is 7.66. The highest BCUT2D eigenvalue weighted by Crippen LogP contribution is 2.43. The van der Waals surface area contributed by atoms with Gasteiger partial charge in [-0.2, -0.15) is 18.2 Å². The molecule has 2 atom stereocenters. The fourth-order valence-corrected chi connectivity index (χ4v) is 5.36. The second-order valence-corrected chi connectivity index (χ2v) is 11.7. The molecule has 1 aromatic carbocycles. The van der Waals surface area contributed by atoms with Crippen LogP contribution in [0.15, 0.2) is 24.3 Å². The van der Waals surface area contributed by atoms with E-state index in [1.165, 1.54) is 18.6 Å². The van der Waals surface area contributed by atoms with Crippen LogP contribution in [0, 0.1) is 11.8 Å². The summed E-state index contributed by atoms with van der Waals surface area (Å²) in [6.45, 7) is 4.61. The van der Waals surface area contributed by atoms with E-state index in [0.29, 0.717) is 30.2 Å². The molecule has 1 aliphatic heterocycles. The van der Waals surface area contributed by atoms with Crippen LogP contribution in [0.25, 0.3) is 11.3 Å². The van der Waals surface area contributed by atoms with E-state index in [1.54, 1.807) is 25.5 Å². The Hall–Kier alpha value is -2.12. The monoisotopic (exact) mass is 439 g/mol. The Balaban J connectivity index is 1.73. The molecule has 1 saturated carbocycles. The number of anilines is 2. The van der Waals surface area contributed by atoms with Gasteiger partial charge in [-0.15, -0.1) is 0 Å². The van der Waals surface area contributed by atoms with Gasteiger partial charge in [0.1, 0.15) is 12.7 Å². The highest BCUT2D eigenvalue weighted by atomic mass is 31.2. The zero-order chi connectivity index (χ0) is 21.7. The summed E-state index contributed by atoms with van der Waals surface area (Å²) in [7, 11) is -2.52. The van der Waals surface area contributed by atoms with Gasteiger partial charge in [-0.3, -0.25) is 0 Å². The molecule has 10 heteroatoms. The van der Waals surface area contributed by atoms with E-state index < -0.39 is 18.9 Å². The Morgan fingerprint density at radius 1 is 1.10 bits per heavy atom. The minimum absolute atomic E-state index is 0.236. The molecule has 3 N–H and O–H groups in total. The van der Waals surface area contributed by atoms with Crippen molar-refractivity contribution in [2.24, 2.45) is 11.8 Å². The topological polar surface area (TPSA) is 84.1 Å². The van der Waals surface area contributed by atoms with Crippen molar-refractivity contribution in [3.05, 3.63) is 29.8 Å². The molecule has 30 heavy (non-hydrogen) atoms. The predicted molar refractivity (Wildman–Crippen MR) is 112 cm³/mol. The number of alkyl halides is 3. The van der Waals surface area contributed by atoms with Crippen molar-refractivity contribution in [2.45, 2.75) is 25.4 Å². The molecule has 2 unspecified atom stereocenters. The lowest BCUT2D eigenvalue weighted by Gasteiger charge is -2.23. The standard InChI is InChI=1S/C20H25F3N5OP/c1-30(2,29)15-8-6-12(7-9-15)17-16(20(21,22)23)18(26-19(24)25-17)27-28-10-13-4-3-5-14(13)11-28/h6-9,13-14H,3-5,10-11H2,1-2H3,(H3,24,25,26,27). The molecule has 1 aliphatic carbocycles. The van der Waals surface area contributed by atoms with Crippen molar-refractivity contribution in [1.82, 2.24) is 15.0 Å². The van der Waals surface area contributed by atoms with Gasteiger partial charge in [0.25, 0.3) is 0 Å². The molecule has 2 aromatic rings. The van der Waals surface area contributed by atoms with Crippen LogP contribution in [-0.4, -0.2) is 41.4 Å². The van der Waals surface area contributed by atoms with Gasteiger partial charge in [0.2, 0.25) is 5.95 Å². The normalized spacial score (nSPS) is 22.3. The Bertz CT molecular complexity index is 977. The molecule has 0 radical (unpaired) electrons. The van der Waals surface area contributed by atoms with Crippen molar-refractivity contribution >= 4 is 24.2 Å². The third-order valence-electron chi connectivity index (χ3n) is 5.96. The number of nitrogens with two attached hydrogens (primary N) is 1. The first-order chi connectivity index (χ1) is 14.0. The first-order valence-corrected chi connectivity index (χ1v) is 12.5. The third-order valence-corrected chi connectivity index (χ3v) is 7.50. The number of hydrogen-bond donors (Lipinski definition) is 2. The maximum atomic E-state index is 14.1. The molecule has 1 aromatic heterocycles. The molecule has 1 saturated heterocycles. The van der Waals surface area contributed by atoms with E-state index in [-0.39, 0.29) is 23.0 Å². The molecule has 6 nitrogen and oxygen atoms in total. The lowest BCUT2D eigenvalue weighted by atomic mass is 10.0. The summed E-state index contributed by atoms with van der Waals surface area (Å²) in [6, 6.07) is 6.14. The molecule has 2 aliphatic rings. The number of hydrogen-bond acceptors (Lipinski definition) is 6. The van der Waals surface area contributed by atoms with Crippen LogP contribution in [-0.2, 0) is 10.7 Å². The Labute approximate surface area is 173 Å². The average molecular weight is 439 g/mol. The lowest BCUT2D eigenvalue weighted by molar-refractivity contribution is -0.136. The molecular formula is C20H25F3N5OP. The van der Waals surface area contributed by atoms with E-state index in [4.69, 9.17) is 5.73 Å². The number of nitrogens with zero attached hydrogens (tertiary/aromatic N) is 3. The third kappa shape index (κ3) is 4.18. The quantitative estimate of drug-likeness (QED) is 0.700. The van der Waals surface area contributed by atoms with Gasteiger partial charge < -0.3 is 15.7 Å². The van der Waals surface area contributed by atoms with E-state index in [9.17, 15) is 17.7 Å². The summed E-state index contributed by atoms with van der Waals surface area (Å²) < 4.78 is 54.5. The van der Waals surface area contributed by atoms with Crippen molar-refractivity contribution in [2.75, 3.05) is 37.6 Å².